The normalized spacial score (nSPS) is 20.0. The zero-order chi connectivity index (χ0) is 14.7. The number of alkyl halides is 1. The molecule has 0 saturated heterocycles. The molecule has 0 aliphatic heterocycles. The number of halogens is 1. The first-order valence-corrected chi connectivity index (χ1v) is 8.83. The fourth-order valence-corrected chi connectivity index (χ4v) is 4.09. The minimum absolute atomic E-state index is 0.0741. The minimum Gasteiger partial charge on any atom is -0.347 e. The molecule has 4 heteroatoms. The number of fused-ring (bicyclic) bond motifs is 1. The van der Waals surface area contributed by atoms with E-state index >= 15 is 0 Å². The summed E-state index contributed by atoms with van der Waals surface area (Å²) in [5, 5.41) is 3.15. The Kier molecular flexibility index (Phi) is 4.66. The smallest absolute Gasteiger partial charge is 0.230 e. The molecular weight excluding hydrogens is 346 g/mol. The number of amides is 1. The van der Waals surface area contributed by atoms with Crippen LogP contribution in [-0.2, 0) is 11.2 Å². The van der Waals surface area contributed by atoms with Crippen molar-refractivity contribution in [2.24, 2.45) is 0 Å². The molecule has 0 radical (unpaired) electrons. The van der Waals surface area contributed by atoms with Crippen LogP contribution in [0, 0.1) is 0 Å². The number of hydrogen-bond donors (Lipinski definition) is 1. The summed E-state index contributed by atoms with van der Waals surface area (Å²) >= 11 is 5.26. The first-order valence-electron chi connectivity index (χ1n) is 6.93. The molecule has 1 N–H and O–H groups in total. The van der Waals surface area contributed by atoms with Crippen LogP contribution in [0.2, 0.25) is 0 Å². The van der Waals surface area contributed by atoms with Gasteiger partial charge in [0.2, 0.25) is 5.91 Å². The molecule has 0 saturated carbocycles. The van der Waals surface area contributed by atoms with Gasteiger partial charge in [0.1, 0.15) is 0 Å². The van der Waals surface area contributed by atoms with Crippen molar-refractivity contribution < 1.29 is 4.79 Å². The van der Waals surface area contributed by atoms with Gasteiger partial charge in [0.05, 0.1) is 11.8 Å². The Morgan fingerprint density at radius 1 is 1.14 bits per heavy atom. The van der Waals surface area contributed by atoms with Crippen molar-refractivity contribution in [3.8, 4) is 0 Å². The van der Waals surface area contributed by atoms with Gasteiger partial charge in [0.25, 0.3) is 0 Å². The summed E-state index contributed by atoms with van der Waals surface area (Å²) in [4.78, 5) is 13.6. The maximum Gasteiger partial charge on any atom is 0.230 e. The molecule has 3 rings (SSSR count). The average Bonchev–Trinajstić information content (AvgIpc) is 2.82. The molecule has 1 aliphatic rings. The van der Waals surface area contributed by atoms with Gasteiger partial charge < -0.3 is 5.32 Å². The molecule has 2 atom stereocenters. The SMILES string of the molecule is O=C(CSc1ccccc1)NC1c2ccccc2CC1Br. The summed E-state index contributed by atoms with van der Waals surface area (Å²) in [5.41, 5.74) is 2.55. The van der Waals surface area contributed by atoms with E-state index in [1.165, 1.54) is 11.1 Å². The van der Waals surface area contributed by atoms with Gasteiger partial charge in [0, 0.05) is 9.72 Å². The summed E-state index contributed by atoms with van der Waals surface area (Å²) in [6, 6.07) is 18.4. The molecule has 1 amide bonds. The molecule has 2 nitrogen and oxygen atoms in total. The van der Waals surface area contributed by atoms with Crippen molar-refractivity contribution in [3.63, 3.8) is 0 Å². The van der Waals surface area contributed by atoms with Gasteiger partial charge in [-0.15, -0.1) is 11.8 Å². The fraction of sp³-hybridized carbons (Fsp3) is 0.235. The summed E-state index contributed by atoms with van der Waals surface area (Å²) in [5.74, 6) is 0.526. The van der Waals surface area contributed by atoms with Crippen LogP contribution in [0.5, 0.6) is 0 Å². The topological polar surface area (TPSA) is 29.1 Å². The van der Waals surface area contributed by atoms with Gasteiger partial charge in [-0.25, -0.2) is 0 Å². The van der Waals surface area contributed by atoms with Crippen LogP contribution in [0.15, 0.2) is 59.5 Å². The maximum absolute atomic E-state index is 12.2. The molecule has 0 aromatic heterocycles. The highest BCUT2D eigenvalue weighted by molar-refractivity contribution is 9.09. The van der Waals surface area contributed by atoms with Gasteiger partial charge in [-0.3, -0.25) is 4.79 Å². The zero-order valence-corrected chi connectivity index (χ0v) is 13.9. The Bertz CT molecular complexity index is 632. The average molecular weight is 362 g/mol. The third kappa shape index (κ3) is 3.50. The summed E-state index contributed by atoms with van der Waals surface area (Å²) < 4.78 is 0. The van der Waals surface area contributed by atoms with Crippen molar-refractivity contribution in [3.05, 3.63) is 65.7 Å². The van der Waals surface area contributed by atoms with Crippen molar-refractivity contribution in [2.75, 3.05) is 5.75 Å². The van der Waals surface area contributed by atoms with E-state index in [2.05, 4.69) is 33.4 Å². The van der Waals surface area contributed by atoms with E-state index in [1.54, 1.807) is 11.8 Å². The van der Waals surface area contributed by atoms with Crippen LogP contribution in [0.3, 0.4) is 0 Å². The molecule has 2 unspecified atom stereocenters. The van der Waals surface area contributed by atoms with E-state index < -0.39 is 0 Å². The minimum atomic E-state index is 0.0741. The first kappa shape index (κ1) is 14.7. The number of hydrogen-bond acceptors (Lipinski definition) is 2. The zero-order valence-electron chi connectivity index (χ0n) is 11.5. The van der Waals surface area contributed by atoms with Crippen LogP contribution in [0.4, 0.5) is 0 Å². The van der Waals surface area contributed by atoms with Crippen LogP contribution < -0.4 is 5.32 Å². The Hall–Kier alpha value is -1.26. The molecule has 2 aromatic rings. The van der Waals surface area contributed by atoms with Crippen LogP contribution >= 0.6 is 27.7 Å². The highest BCUT2D eigenvalue weighted by Gasteiger charge is 2.31. The molecule has 108 valence electrons. The number of carbonyl (C=O) groups is 1. The second-order valence-corrected chi connectivity index (χ2v) is 7.29. The lowest BCUT2D eigenvalue weighted by Crippen LogP contribution is -2.32. The molecule has 0 fully saturated rings. The standard InChI is InChI=1S/C17H16BrNOS/c18-15-10-12-6-4-5-9-14(12)17(15)19-16(20)11-21-13-7-2-1-3-8-13/h1-9,15,17H,10-11H2,(H,19,20). The van der Waals surface area contributed by atoms with Crippen LogP contribution in [0.1, 0.15) is 17.2 Å². The van der Waals surface area contributed by atoms with Crippen molar-refractivity contribution in [1.29, 1.82) is 0 Å². The Morgan fingerprint density at radius 3 is 2.67 bits per heavy atom. The van der Waals surface area contributed by atoms with Crippen LogP contribution in [0.25, 0.3) is 0 Å². The van der Waals surface area contributed by atoms with Crippen molar-refractivity contribution in [2.45, 2.75) is 22.2 Å². The largest absolute Gasteiger partial charge is 0.347 e. The van der Waals surface area contributed by atoms with Crippen molar-refractivity contribution in [1.82, 2.24) is 5.32 Å². The molecule has 0 spiro atoms. The quantitative estimate of drug-likeness (QED) is 0.659. The monoisotopic (exact) mass is 361 g/mol. The molecule has 1 aliphatic carbocycles. The fourth-order valence-electron chi connectivity index (χ4n) is 2.60. The van der Waals surface area contributed by atoms with E-state index in [0.717, 1.165) is 11.3 Å². The van der Waals surface area contributed by atoms with E-state index in [1.807, 2.05) is 42.5 Å². The lowest BCUT2D eigenvalue weighted by Gasteiger charge is -2.17. The highest BCUT2D eigenvalue weighted by Crippen LogP contribution is 2.35. The highest BCUT2D eigenvalue weighted by atomic mass is 79.9. The Labute approximate surface area is 137 Å². The number of carbonyl (C=O) groups excluding carboxylic acids is 1. The Morgan fingerprint density at radius 2 is 1.86 bits per heavy atom. The van der Waals surface area contributed by atoms with Gasteiger partial charge in [0.15, 0.2) is 0 Å². The molecule has 0 heterocycles. The third-order valence-corrected chi connectivity index (χ3v) is 5.46. The number of benzene rings is 2. The third-order valence-electron chi connectivity index (χ3n) is 3.60. The van der Waals surface area contributed by atoms with Gasteiger partial charge in [-0.2, -0.15) is 0 Å². The second-order valence-electron chi connectivity index (χ2n) is 5.07. The Balaban J connectivity index is 1.60. The summed E-state index contributed by atoms with van der Waals surface area (Å²) in [6.45, 7) is 0. The lowest BCUT2D eigenvalue weighted by atomic mass is 10.1. The summed E-state index contributed by atoms with van der Waals surface area (Å²) in [7, 11) is 0. The second kappa shape index (κ2) is 6.67. The van der Waals surface area contributed by atoms with E-state index in [9.17, 15) is 4.79 Å². The number of rotatable bonds is 4. The molecular formula is C17H16BrNOS. The van der Waals surface area contributed by atoms with E-state index in [-0.39, 0.29) is 16.8 Å². The van der Waals surface area contributed by atoms with Crippen LogP contribution in [-0.4, -0.2) is 16.5 Å². The van der Waals surface area contributed by atoms with Gasteiger partial charge in [-0.05, 0) is 29.7 Å². The predicted octanol–water partition coefficient (Wildman–Crippen LogP) is 3.96. The van der Waals surface area contributed by atoms with Gasteiger partial charge in [-0.1, -0.05) is 58.4 Å². The number of thioether (sulfide) groups is 1. The summed E-state index contributed by atoms with van der Waals surface area (Å²) in [6.07, 6.45) is 0.965. The lowest BCUT2D eigenvalue weighted by molar-refractivity contribution is -0.119. The van der Waals surface area contributed by atoms with Gasteiger partial charge >= 0.3 is 0 Å². The molecule has 0 bridgehead atoms. The van der Waals surface area contributed by atoms with E-state index in [0.29, 0.717) is 5.75 Å². The number of nitrogens with one attached hydrogen (secondary N) is 1. The maximum atomic E-state index is 12.2. The first-order chi connectivity index (χ1) is 10.2. The molecule has 2 aromatic carbocycles. The molecule has 21 heavy (non-hydrogen) atoms. The predicted molar refractivity (Wildman–Crippen MR) is 90.9 cm³/mol. The van der Waals surface area contributed by atoms with Crippen molar-refractivity contribution >= 4 is 33.6 Å². The van der Waals surface area contributed by atoms with E-state index in [4.69, 9.17) is 0 Å².